The number of amides is 3. The van der Waals surface area contributed by atoms with Crippen LogP contribution in [0.2, 0.25) is 0 Å². The van der Waals surface area contributed by atoms with Crippen LogP contribution in [0.5, 0.6) is 0 Å². The van der Waals surface area contributed by atoms with E-state index in [2.05, 4.69) is 20.9 Å². The Hall–Kier alpha value is -2.45. The van der Waals surface area contributed by atoms with Gasteiger partial charge in [-0.15, -0.1) is 5.10 Å². The molecule has 1 aromatic rings. The zero-order chi connectivity index (χ0) is 15.1. The van der Waals surface area contributed by atoms with Crippen LogP contribution in [0.3, 0.4) is 0 Å². The quantitative estimate of drug-likeness (QED) is 0.711. The van der Waals surface area contributed by atoms with E-state index in [9.17, 15) is 14.4 Å². The summed E-state index contributed by atoms with van der Waals surface area (Å²) in [4.78, 5) is 33.9. The minimum atomic E-state index is -0.572. The summed E-state index contributed by atoms with van der Waals surface area (Å²) in [5.41, 5.74) is 0.634. The Morgan fingerprint density at radius 1 is 1.35 bits per heavy atom. The van der Waals surface area contributed by atoms with Crippen molar-refractivity contribution in [3.8, 4) is 0 Å². The zero-order valence-corrected chi connectivity index (χ0v) is 11.6. The SMILES string of the molecule is CCOC(=O)c1nnn(CCC(=O)NC(=O)NC)c1C. The molecule has 0 aromatic carbocycles. The van der Waals surface area contributed by atoms with Crippen molar-refractivity contribution in [1.29, 1.82) is 0 Å². The summed E-state index contributed by atoms with van der Waals surface area (Å²) in [5.74, 6) is -0.997. The lowest BCUT2D eigenvalue weighted by atomic mass is 10.3. The van der Waals surface area contributed by atoms with Gasteiger partial charge in [0.2, 0.25) is 5.91 Å². The fourth-order valence-electron chi connectivity index (χ4n) is 1.42. The number of imide groups is 1. The predicted molar refractivity (Wildman–Crippen MR) is 67.9 cm³/mol. The maximum atomic E-state index is 11.5. The van der Waals surface area contributed by atoms with Gasteiger partial charge in [-0.25, -0.2) is 14.3 Å². The smallest absolute Gasteiger partial charge is 0.360 e. The average molecular weight is 283 g/mol. The van der Waals surface area contributed by atoms with Gasteiger partial charge in [-0.3, -0.25) is 10.1 Å². The highest BCUT2D eigenvalue weighted by atomic mass is 16.5. The molecule has 1 heterocycles. The highest BCUT2D eigenvalue weighted by molar-refractivity contribution is 5.94. The second-order valence-corrected chi connectivity index (χ2v) is 3.84. The first-order valence-corrected chi connectivity index (χ1v) is 6.08. The fourth-order valence-corrected chi connectivity index (χ4v) is 1.42. The normalized spacial score (nSPS) is 9.95. The monoisotopic (exact) mass is 283 g/mol. The maximum Gasteiger partial charge on any atom is 0.360 e. The van der Waals surface area contributed by atoms with Gasteiger partial charge in [-0.2, -0.15) is 0 Å². The molecule has 0 aliphatic rings. The molecule has 1 aromatic heterocycles. The average Bonchev–Trinajstić information content (AvgIpc) is 2.78. The number of ether oxygens (including phenoxy) is 1. The molecular formula is C11H17N5O4. The molecule has 0 atom stereocenters. The van der Waals surface area contributed by atoms with E-state index in [1.807, 2.05) is 0 Å². The van der Waals surface area contributed by atoms with E-state index < -0.39 is 17.9 Å². The number of hydrogen-bond acceptors (Lipinski definition) is 6. The Balaban J connectivity index is 2.59. The first kappa shape index (κ1) is 15.6. The van der Waals surface area contributed by atoms with Gasteiger partial charge in [0.25, 0.3) is 0 Å². The van der Waals surface area contributed by atoms with Crippen molar-refractivity contribution < 1.29 is 19.1 Å². The molecule has 9 nitrogen and oxygen atoms in total. The molecule has 0 unspecified atom stereocenters. The van der Waals surface area contributed by atoms with Crippen molar-refractivity contribution in [2.75, 3.05) is 13.7 Å². The summed E-state index contributed by atoms with van der Waals surface area (Å²) in [6.07, 6.45) is 0.0416. The molecule has 0 bridgehead atoms. The van der Waals surface area contributed by atoms with Crippen LogP contribution in [0.1, 0.15) is 29.5 Å². The van der Waals surface area contributed by atoms with E-state index >= 15 is 0 Å². The number of carbonyl (C=O) groups excluding carboxylic acids is 3. The molecule has 0 saturated carbocycles. The predicted octanol–water partition coefficient (Wildman–Crippen LogP) is -0.391. The number of hydrogen-bond donors (Lipinski definition) is 2. The van der Waals surface area contributed by atoms with Gasteiger partial charge >= 0.3 is 12.0 Å². The number of esters is 1. The van der Waals surface area contributed by atoms with E-state index in [0.29, 0.717) is 5.69 Å². The van der Waals surface area contributed by atoms with Gasteiger partial charge in [0.05, 0.1) is 18.8 Å². The summed E-state index contributed by atoms with van der Waals surface area (Å²) < 4.78 is 6.24. The van der Waals surface area contributed by atoms with Crippen molar-refractivity contribution >= 4 is 17.9 Å². The number of aromatic nitrogens is 3. The van der Waals surface area contributed by atoms with Gasteiger partial charge < -0.3 is 10.1 Å². The summed E-state index contributed by atoms with van der Waals surface area (Å²) in [7, 11) is 1.41. The minimum Gasteiger partial charge on any atom is -0.461 e. The number of aryl methyl sites for hydroxylation is 1. The lowest BCUT2D eigenvalue weighted by Crippen LogP contribution is -2.37. The van der Waals surface area contributed by atoms with Crippen LogP contribution < -0.4 is 10.6 Å². The third-order valence-electron chi connectivity index (χ3n) is 2.48. The highest BCUT2D eigenvalue weighted by Gasteiger charge is 2.17. The third kappa shape index (κ3) is 4.04. The maximum absolute atomic E-state index is 11.5. The van der Waals surface area contributed by atoms with Gasteiger partial charge in [0.1, 0.15) is 0 Å². The molecule has 3 amide bonds. The minimum absolute atomic E-state index is 0.0416. The van der Waals surface area contributed by atoms with Crippen LogP contribution >= 0.6 is 0 Å². The summed E-state index contributed by atoms with van der Waals surface area (Å²) in [6, 6.07) is -0.572. The lowest BCUT2D eigenvalue weighted by molar-refractivity contribution is -0.120. The molecule has 0 radical (unpaired) electrons. The molecule has 0 saturated heterocycles. The van der Waals surface area contributed by atoms with Crippen molar-refractivity contribution in [2.45, 2.75) is 26.8 Å². The Labute approximate surface area is 115 Å². The first-order valence-electron chi connectivity index (χ1n) is 6.08. The van der Waals surface area contributed by atoms with Crippen LogP contribution in [-0.2, 0) is 16.1 Å². The van der Waals surface area contributed by atoms with Crippen LogP contribution in [0, 0.1) is 6.92 Å². The third-order valence-corrected chi connectivity index (χ3v) is 2.48. The molecule has 0 fully saturated rings. The molecule has 0 aliphatic heterocycles. The highest BCUT2D eigenvalue weighted by Crippen LogP contribution is 2.06. The number of carbonyl (C=O) groups is 3. The second kappa shape index (κ2) is 7.22. The molecule has 110 valence electrons. The van der Waals surface area contributed by atoms with E-state index in [4.69, 9.17) is 4.74 Å². The Morgan fingerprint density at radius 2 is 2.05 bits per heavy atom. The molecule has 2 N–H and O–H groups in total. The van der Waals surface area contributed by atoms with E-state index in [0.717, 1.165) is 0 Å². The Kier molecular flexibility index (Phi) is 5.63. The molecule has 1 rings (SSSR count). The Morgan fingerprint density at radius 3 is 2.65 bits per heavy atom. The number of nitrogens with one attached hydrogen (secondary N) is 2. The second-order valence-electron chi connectivity index (χ2n) is 3.84. The molecule has 9 heteroatoms. The van der Waals surface area contributed by atoms with Gasteiger partial charge in [0.15, 0.2) is 5.69 Å². The molecule has 0 aliphatic carbocycles. The van der Waals surface area contributed by atoms with Crippen molar-refractivity contribution in [3.63, 3.8) is 0 Å². The number of urea groups is 1. The molecular weight excluding hydrogens is 266 g/mol. The largest absolute Gasteiger partial charge is 0.461 e. The van der Waals surface area contributed by atoms with Gasteiger partial charge in [0, 0.05) is 13.5 Å². The molecule has 20 heavy (non-hydrogen) atoms. The van der Waals surface area contributed by atoms with Crippen molar-refractivity contribution in [3.05, 3.63) is 11.4 Å². The van der Waals surface area contributed by atoms with Crippen molar-refractivity contribution in [2.24, 2.45) is 0 Å². The van der Waals surface area contributed by atoms with Gasteiger partial charge in [-0.05, 0) is 13.8 Å². The fraction of sp³-hybridized carbons (Fsp3) is 0.545. The number of rotatable bonds is 5. The summed E-state index contributed by atoms with van der Waals surface area (Å²) in [6.45, 7) is 3.81. The first-order chi connectivity index (χ1) is 9.49. The van der Waals surface area contributed by atoms with Gasteiger partial charge in [-0.1, -0.05) is 5.21 Å². The summed E-state index contributed by atoms with van der Waals surface area (Å²) in [5, 5.41) is 11.9. The van der Waals surface area contributed by atoms with E-state index in [-0.39, 0.29) is 25.3 Å². The van der Waals surface area contributed by atoms with Crippen molar-refractivity contribution in [1.82, 2.24) is 25.6 Å². The van der Waals surface area contributed by atoms with E-state index in [1.54, 1.807) is 13.8 Å². The zero-order valence-electron chi connectivity index (χ0n) is 11.6. The lowest BCUT2D eigenvalue weighted by Gasteiger charge is -2.04. The van der Waals surface area contributed by atoms with E-state index in [1.165, 1.54) is 11.7 Å². The number of nitrogens with zero attached hydrogens (tertiary/aromatic N) is 3. The summed E-state index contributed by atoms with van der Waals surface area (Å²) >= 11 is 0. The standard InChI is InChI=1S/C11H17N5O4/c1-4-20-10(18)9-7(2)16(15-14-9)6-5-8(17)13-11(19)12-3/h4-6H2,1-3H3,(H2,12,13,17,19). The van der Waals surface area contributed by atoms with Crippen LogP contribution in [0.25, 0.3) is 0 Å². The topological polar surface area (TPSA) is 115 Å². The van der Waals surface area contributed by atoms with Crippen LogP contribution in [0.15, 0.2) is 0 Å². The van der Waals surface area contributed by atoms with Crippen LogP contribution in [-0.4, -0.2) is 46.6 Å². The Bertz CT molecular complexity index is 511. The molecule has 0 spiro atoms. The van der Waals surface area contributed by atoms with Crippen LogP contribution in [0.4, 0.5) is 4.79 Å².